The van der Waals surface area contributed by atoms with Crippen molar-refractivity contribution in [3.8, 4) is 11.5 Å². The van der Waals surface area contributed by atoms with E-state index in [1.807, 2.05) is 20.8 Å². The highest BCUT2D eigenvalue weighted by molar-refractivity contribution is 6.00. The molecule has 0 amide bonds. The second-order valence-corrected chi connectivity index (χ2v) is 5.25. The van der Waals surface area contributed by atoms with Crippen LogP contribution in [0.1, 0.15) is 27.0 Å². The number of rotatable bonds is 2. The summed E-state index contributed by atoms with van der Waals surface area (Å²) in [6.45, 7) is 6.04. The summed E-state index contributed by atoms with van der Waals surface area (Å²) in [7, 11) is 0. The van der Waals surface area contributed by atoms with Crippen LogP contribution < -0.4 is 0 Å². The summed E-state index contributed by atoms with van der Waals surface area (Å²) >= 11 is 0. The van der Waals surface area contributed by atoms with E-state index in [0.717, 1.165) is 16.7 Å². The van der Waals surface area contributed by atoms with Crippen LogP contribution in [0.3, 0.4) is 0 Å². The molecule has 0 bridgehead atoms. The number of oxazole rings is 1. The van der Waals surface area contributed by atoms with E-state index in [-0.39, 0.29) is 5.56 Å². The predicted molar refractivity (Wildman–Crippen MR) is 80.6 cm³/mol. The predicted octanol–water partition coefficient (Wildman–Crippen LogP) is 4.12. The van der Waals surface area contributed by atoms with Crippen LogP contribution >= 0.6 is 0 Å². The molecule has 1 heterocycles. The lowest BCUT2D eigenvalue weighted by Crippen LogP contribution is -1.95. The second-order valence-electron chi connectivity index (χ2n) is 5.25. The second kappa shape index (κ2) is 4.74. The van der Waals surface area contributed by atoms with Crippen LogP contribution in [-0.4, -0.2) is 16.1 Å². The topological polar surface area (TPSA) is 63.3 Å². The average molecular weight is 281 g/mol. The smallest absolute Gasteiger partial charge is 0.339 e. The van der Waals surface area contributed by atoms with Crippen LogP contribution in [0.25, 0.3) is 22.6 Å². The van der Waals surface area contributed by atoms with Gasteiger partial charge in [0.2, 0.25) is 5.89 Å². The highest BCUT2D eigenvalue weighted by Crippen LogP contribution is 2.31. The quantitative estimate of drug-likeness (QED) is 0.767. The largest absolute Gasteiger partial charge is 0.478 e. The molecule has 0 aliphatic rings. The number of hydrogen-bond donors (Lipinski definition) is 1. The van der Waals surface area contributed by atoms with Crippen molar-refractivity contribution >= 4 is 17.1 Å². The maximum atomic E-state index is 11.3. The Balaban J connectivity index is 2.28. The third kappa shape index (κ3) is 2.18. The Labute approximate surface area is 122 Å². The Morgan fingerprint density at radius 1 is 1.14 bits per heavy atom. The molecule has 0 aliphatic carbocycles. The number of carboxylic acid groups (broad SMARTS) is 1. The maximum absolute atomic E-state index is 11.3. The first-order chi connectivity index (χ1) is 9.97. The van der Waals surface area contributed by atoms with Gasteiger partial charge in [0.1, 0.15) is 11.1 Å². The zero-order valence-corrected chi connectivity index (χ0v) is 12.1. The van der Waals surface area contributed by atoms with Gasteiger partial charge >= 0.3 is 5.97 Å². The average Bonchev–Trinajstić information content (AvgIpc) is 2.79. The lowest BCUT2D eigenvalue weighted by molar-refractivity contribution is 0.0698. The minimum Gasteiger partial charge on any atom is -0.478 e. The van der Waals surface area contributed by atoms with Crippen molar-refractivity contribution in [2.75, 3.05) is 0 Å². The van der Waals surface area contributed by atoms with E-state index in [9.17, 15) is 9.90 Å². The van der Waals surface area contributed by atoms with Crippen molar-refractivity contribution in [3.05, 3.63) is 52.6 Å². The molecule has 0 fully saturated rings. The summed E-state index contributed by atoms with van der Waals surface area (Å²) in [5, 5.41) is 9.22. The van der Waals surface area contributed by atoms with E-state index in [1.54, 1.807) is 12.1 Å². The summed E-state index contributed by atoms with van der Waals surface area (Å²) in [5.41, 5.74) is 5.24. The number of hydrogen-bond acceptors (Lipinski definition) is 3. The van der Waals surface area contributed by atoms with E-state index in [4.69, 9.17) is 4.42 Å². The van der Waals surface area contributed by atoms with E-state index >= 15 is 0 Å². The monoisotopic (exact) mass is 281 g/mol. The van der Waals surface area contributed by atoms with Gasteiger partial charge in [0, 0.05) is 5.56 Å². The zero-order valence-electron chi connectivity index (χ0n) is 12.1. The number of carboxylic acids is 1. The molecule has 2 aromatic carbocycles. The van der Waals surface area contributed by atoms with Crippen LogP contribution in [0.5, 0.6) is 0 Å². The van der Waals surface area contributed by atoms with Crippen molar-refractivity contribution < 1.29 is 14.3 Å². The number of nitrogens with zero attached hydrogens (tertiary/aromatic N) is 1. The molecule has 21 heavy (non-hydrogen) atoms. The molecular formula is C17H15NO3. The summed E-state index contributed by atoms with van der Waals surface area (Å²) in [5.74, 6) is -0.547. The van der Waals surface area contributed by atoms with Gasteiger partial charge in [-0.15, -0.1) is 0 Å². The number of aromatic carboxylic acids is 1. The molecule has 0 radical (unpaired) electrons. The molecule has 1 aromatic heterocycles. The van der Waals surface area contributed by atoms with Gasteiger partial charge in [-0.25, -0.2) is 9.78 Å². The maximum Gasteiger partial charge on any atom is 0.339 e. The molecule has 1 N–H and O–H groups in total. The molecule has 0 unspecified atom stereocenters. The standard InChI is InChI=1S/C17H15NO3/c1-9-7-10(2)14(11(3)8-9)16-18-13-6-4-5-12(17(19)20)15(13)21-16/h4-8H,1-3H3,(H,19,20). The highest BCUT2D eigenvalue weighted by atomic mass is 16.4. The lowest BCUT2D eigenvalue weighted by Gasteiger charge is -2.07. The molecule has 0 aliphatic heterocycles. The number of carbonyl (C=O) groups is 1. The van der Waals surface area contributed by atoms with E-state index in [1.165, 1.54) is 11.6 Å². The lowest BCUT2D eigenvalue weighted by atomic mass is 10.00. The third-order valence-electron chi connectivity index (χ3n) is 3.54. The summed E-state index contributed by atoms with van der Waals surface area (Å²) in [6.07, 6.45) is 0. The fourth-order valence-electron chi connectivity index (χ4n) is 2.74. The molecule has 4 heteroatoms. The van der Waals surface area contributed by atoms with Crippen molar-refractivity contribution in [2.45, 2.75) is 20.8 Å². The molecule has 0 atom stereocenters. The first kappa shape index (κ1) is 13.4. The molecule has 106 valence electrons. The minimum absolute atomic E-state index is 0.133. The molecule has 3 aromatic rings. The molecule has 0 saturated heterocycles. The van der Waals surface area contributed by atoms with Crippen LogP contribution in [-0.2, 0) is 0 Å². The first-order valence-electron chi connectivity index (χ1n) is 6.68. The molecule has 0 spiro atoms. The number of fused-ring (bicyclic) bond motifs is 1. The third-order valence-corrected chi connectivity index (χ3v) is 3.54. The minimum atomic E-state index is -1.01. The van der Waals surface area contributed by atoms with Crippen LogP contribution in [0.2, 0.25) is 0 Å². The van der Waals surface area contributed by atoms with Crippen molar-refractivity contribution in [3.63, 3.8) is 0 Å². The van der Waals surface area contributed by atoms with Crippen molar-refractivity contribution in [1.82, 2.24) is 4.98 Å². The Bertz CT molecular complexity index is 839. The van der Waals surface area contributed by atoms with Gasteiger partial charge in [0.25, 0.3) is 0 Å². The summed E-state index contributed by atoms with van der Waals surface area (Å²) < 4.78 is 5.76. The molecular weight excluding hydrogens is 266 g/mol. The summed E-state index contributed by atoms with van der Waals surface area (Å²) in [6, 6.07) is 9.08. The van der Waals surface area contributed by atoms with Gasteiger partial charge in [-0.3, -0.25) is 0 Å². The fourth-order valence-corrected chi connectivity index (χ4v) is 2.74. The summed E-state index contributed by atoms with van der Waals surface area (Å²) in [4.78, 5) is 15.7. The first-order valence-corrected chi connectivity index (χ1v) is 6.68. The normalized spacial score (nSPS) is 11.0. The van der Waals surface area contributed by atoms with Gasteiger partial charge < -0.3 is 9.52 Å². The Morgan fingerprint density at radius 3 is 2.43 bits per heavy atom. The molecule has 4 nitrogen and oxygen atoms in total. The van der Waals surface area contributed by atoms with Gasteiger partial charge in [-0.1, -0.05) is 23.8 Å². The molecule has 0 saturated carbocycles. The van der Waals surface area contributed by atoms with Crippen LogP contribution in [0, 0.1) is 20.8 Å². The van der Waals surface area contributed by atoms with E-state index in [2.05, 4.69) is 17.1 Å². The van der Waals surface area contributed by atoms with Crippen LogP contribution in [0.15, 0.2) is 34.7 Å². The molecule has 3 rings (SSSR count). The Hall–Kier alpha value is -2.62. The highest BCUT2D eigenvalue weighted by Gasteiger charge is 2.17. The number of para-hydroxylation sites is 1. The van der Waals surface area contributed by atoms with E-state index < -0.39 is 5.97 Å². The fraction of sp³-hybridized carbons (Fsp3) is 0.176. The number of aryl methyl sites for hydroxylation is 3. The van der Waals surface area contributed by atoms with Crippen molar-refractivity contribution in [2.24, 2.45) is 0 Å². The SMILES string of the molecule is Cc1cc(C)c(-c2nc3cccc(C(=O)O)c3o2)c(C)c1. The Morgan fingerprint density at radius 2 is 1.81 bits per heavy atom. The van der Waals surface area contributed by atoms with Gasteiger partial charge in [0.15, 0.2) is 5.58 Å². The van der Waals surface area contributed by atoms with Crippen molar-refractivity contribution in [1.29, 1.82) is 0 Å². The number of aromatic nitrogens is 1. The number of benzene rings is 2. The van der Waals surface area contributed by atoms with Crippen LogP contribution in [0.4, 0.5) is 0 Å². The zero-order chi connectivity index (χ0) is 15.1. The Kier molecular flexibility index (Phi) is 3.01. The van der Waals surface area contributed by atoms with E-state index in [0.29, 0.717) is 17.0 Å². The van der Waals surface area contributed by atoms with Gasteiger partial charge in [0.05, 0.1) is 0 Å². The van der Waals surface area contributed by atoms with Gasteiger partial charge in [-0.2, -0.15) is 0 Å². The van der Waals surface area contributed by atoms with Gasteiger partial charge in [-0.05, 0) is 44.0 Å².